The molecule has 0 saturated heterocycles. The van der Waals surface area contributed by atoms with Gasteiger partial charge in [-0.05, 0) is 71.8 Å². The van der Waals surface area contributed by atoms with Gasteiger partial charge in [0.25, 0.3) is 5.91 Å². The molecule has 9 heteroatoms. The summed E-state index contributed by atoms with van der Waals surface area (Å²) in [5.74, 6) is 0.599. The lowest BCUT2D eigenvalue weighted by molar-refractivity contribution is 0.102. The van der Waals surface area contributed by atoms with Crippen LogP contribution < -0.4 is 15.5 Å². The molecule has 5 aromatic rings. The van der Waals surface area contributed by atoms with E-state index >= 15 is 0 Å². The minimum absolute atomic E-state index is 0.300. The highest BCUT2D eigenvalue weighted by Crippen LogP contribution is 2.31. The summed E-state index contributed by atoms with van der Waals surface area (Å²) < 4.78 is 13.1. The number of hydrogen-bond donors (Lipinski definition) is 2. The zero-order valence-corrected chi connectivity index (χ0v) is 21.5. The third kappa shape index (κ3) is 5.55. The van der Waals surface area contributed by atoms with Crippen molar-refractivity contribution in [2.45, 2.75) is 6.54 Å². The van der Waals surface area contributed by atoms with Crippen molar-refractivity contribution in [2.24, 2.45) is 0 Å². The quantitative estimate of drug-likeness (QED) is 0.238. The molecule has 0 saturated carbocycles. The summed E-state index contributed by atoms with van der Waals surface area (Å²) >= 11 is 6.31. The van der Waals surface area contributed by atoms with Crippen molar-refractivity contribution in [2.75, 3.05) is 29.6 Å². The molecule has 2 N–H and O–H groups in total. The number of nitrogens with one attached hydrogen (secondary N) is 2. The maximum atomic E-state index is 13.1. The lowest BCUT2D eigenvalue weighted by Crippen LogP contribution is -2.14. The Morgan fingerprint density at radius 2 is 1.74 bits per heavy atom. The molecule has 5 rings (SSSR count). The molecule has 0 aliphatic rings. The molecule has 0 spiro atoms. The number of benzene rings is 3. The predicted molar refractivity (Wildman–Crippen MR) is 150 cm³/mol. The smallest absolute Gasteiger partial charge is 0.255 e. The standard InChI is InChI=1S/C29H24ClFN6O/c1-37(2)29-35-25-16-20(23-4-3-15-32-26(23)30)9-14-24(25)27(36-29)33-17-18-5-12-22(13-6-18)34-28(38)19-7-10-21(31)11-8-19/h3-16H,17H2,1-2H3,(H,34,38)(H,33,35,36). The molecule has 2 aromatic heterocycles. The van der Waals surface area contributed by atoms with Crippen molar-refractivity contribution < 1.29 is 9.18 Å². The molecule has 190 valence electrons. The number of anilines is 3. The molecule has 0 fully saturated rings. The number of hydrogen-bond acceptors (Lipinski definition) is 6. The van der Waals surface area contributed by atoms with Crippen LogP contribution in [0.25, 0.3) is 22.0 Å². The molecule has 0 atom stereocenters. The minimum atomic E-state index is -0.383. The average Bonchev–Trinajstić information content (AvgIpc) is 2.92. The first-order chi connectivity index (χ1) is 18.4. The number of aromatic nitrogens is 3. The highest BCUT2D eigenvalue weighted by Gasteiger charge is 2.12. The van der Waals surface area contributed by atoms with Gasteiger partial charge in [0, 0.05) is 49.0 Å². The molecule has 2 heterocycles. The van der Waals surface area contributed by atoms with Crippen molar-refractivity contribution >= 4 is 45.9 Å². The molecule has 7 nitrogen and oxygen atoms in total. The van der Waals surface area contributed by atoms with Gasteiger partial charge in [0.1, 0.15) is 16.8 Å². The van der Waals surface area contributed by atoms with Crippen molar-refractivity contribution in [3.8, 4) is 11.1 Å². The second-order valence-corrected chi connectivity index (χ2v) is 9.21. The van der Waals surface area contributed by atoms with Crippen LogP contribution in [-0.2, 0) is 6.54 Å². The van der Waals surface area contributed by atoms with Crippen molar-refractivity contribution in [3.63, 3.8) is 0 Å². The van der Waals surface area contributed by atoms with Gasteiger partial charge in [-0.15, -0.1) is 0 Å². The van der Waals surface area contributed by atoms with Gasteiger partial charge in [0.15, 0.2) is 0 Å². The van der Waals surface area contributed by atoms with E-state index in [0.29, 0.717) is 34.7 Å². The summed E-state index contributed by atoms with van der Waals surface area (Å²) in [6, 6.07) is 22.6. The summed E-state index contributed by atoms with van der Waals surface area (Å²) in [4.78, 5) is 27.9. The van der Waals surface area contributed by atoms with Gasteiger partial charge in [-0.2, -0.15) is 4.98 Å². The van der Waals surface area contributed by atoms with E-state index in [0.717, 1.165) is 27.6 Å². The fourth-order valence-corrected chi connectivity index (χ4v) is 4.15. The van der Waals surface area contributed by atoms with Crippen LogP contribution in [0.2, 0.25) is 5.15 Å². The monoisotopic (exact) mass is 526 g/mol. The van der Waals surface area contributed by atoms with Gasteiger partial charge in [-0.25, -0.2) is 14.4 Å². The Hall–Kier alpha value is -4.56. The number of rotatable bonds is 7. The second kappa shape index (κ2) is 10.8. The van der Waals surface area contributed by atoms with Crippen molar-refractivity contribution in [1.29, 1.82) is 0 Å². The SMILES string of the molecule is CN(C)c1nc(NCc2ccc(NC(=O)c3ccc(F)cc3)cc2)c2ccc(-c3cccnc3Cl)cc2n1. The highest BCUT2D eigenvalue weighted by atomic mass is 35.5. The summed E-state index contributed by atoms with van der Waals surface area (Å²) in [5.41, 5.74) is 4.57. The Kier molecular flexibility index (Phi) is 7.15. The Morgan fingerprint density at radius 1 is 0.974 bits per heavy atom. The van der Waals surface area contributed by atoms with Crippen LogP contribution in [0.3, 0.4) is 0 Å². The van der Waals surface area contributed by atoms with Crippen LogP contribution in [0, 0.1) is 5.82 Å². The molecule has 0 bridgehead atoms. The van der Waals surface area contributed by atoms with E-state index in [1.165, 1.54) is 24.3 Å². The van der Waals surface area contributed by atoms with Crippen LogP contribution in [0.5, 0.6) is 0 Å². The van der Waals surface area contributed by atoms with Gasteiger partial charge in [-0.1, -0.05) is 29.8 Å². The van der Waals surface area contributed by atoms with Gasteiger partial charge in [0.05, 0.1) is 5.52 Å². The van der Waals surface area contributed by atoms with Gasteiger partial charge in [0.2, 0.25) is 5.95 Å². The van der Waals surface area contributed by atoms with Crippen LogP contribution >= 0.6 is 11.6 Å². The third-order valence-electron chi connectivity index (χ3n) is 5.93. The molecular weight excluding hydrogens is 503 g/mol. The zero-order valence-electron chi connectivity index (χ0n) is 20.7. The van der Waals surface area contributed by atoms with E-state index in [1.807, 2.05) is 73.6 Å². The van der Waals surface area contributed by atoms with Gasteiger partial charge < -0.3 is 15.5 Å². The largest absolute Gasteiger partial charge is 0.365 e. The molecule has 0 aliphatic carbocycles. The molecule has 0 aliphatic heterocycles. The lowest BCUT2D eigenvalue weighted by atomic mass is 10.1. The van der Waals surface area contributed by atoms with Gasteiger partial charge >= 0.3 is 0 Å². The first-order valence-electron chi connectivity index (χ1n) is 11.9. The predicted octanol–water partition coefficient (Wildman–Crippen LogP) is 6.41. The number of nitrogens with zero attached hydrogens (tertiary/aromatic N) is 4. The average molecular weight is 527 g/mol. The van der Waals surface area contributed by atoms with Gasteiger partial charge in [-0.3, -0.25) is 4.79 Å². The molecule has 0 radical (unpaired) electrons. The number of carbonyl (C=O) groups excluding carboxylic acids is 1. The third-order valence-corrected chi connectivity index (χ3v) is 6.23. The normalized spacial score (nSPS) is 10.8. The summed E-state index contributed by atoms with van der Waals surface area (Å²) in [5, 5.41) is 7.56. The number of carbonyl (C=O) groups is 1. The van der Waals surface area contributed by atoms with Crippen LogP contribution in [0.4, 0.5) is 21.8 Å². The van der Waals surface area contributed by atoms with Crippen molar-refractivity contribution in [3.05, 3.63) is 107 Å². The maximum absolute atomic E-state index is 13.1. The maximum Gasteiger partial charge on any atom is 0.255 e. The summed E-state index contributed by atoms with van der Waals surface area (Å²) in [6.45, 7) is 0.515. The van der Waals surface area contributed by atoms with Crippen LogP contribution in [0.15, 0.2) is 85.1 Å². The minimum Gasteiger partial charge on any atom is -0.365 e. The summed E-state index contributed by atoms with van der Waals surface area (Å²) in [7, 11) is 3.79. The van der Waals surface area contributed by atoms with E-state index in [1.54, 1.807) is 6.20 Å². The number of halogens is 2. The molecule has 38 heavy (non-hydrogen) atoms. The highest BCUT2D eigenvalue weighted by molar-refractivity contribution is 6.32. The lowest BCUT2D eigenvalue weighted by Gasteiger charge is -2.16. The Morgan fingerprint density at radius 3 is 2.45 bits per heavy atom. The van der Waals surface area contributed by atoms with E-state index in [-0.39, 0.29) is 11.7 Å². The van der Waals surface area contributed by atoms with E-state index in [9.17, 15) is 9.18 Å². The fourth-order valence-electron chi connectivity index (χ4n) is 3.92. The number of pyridine rings is 1. The van der Waals surface area contributed by atoms with Crippen LogP contribution in [-0.4, -0.2) is 35.0 Å². The molecule has 3 aromatic carbocycles. The number of fused-ring (bicyclic) bond motifs is 1. The molecule has 0 unspecified atom stereocenters. The molecule has 1 amide bonds. The van der Waals surface area contributed by atoms with Crippen LogP contribution in [0.1, 0.15) is 15.9 Å². The number of amides is 1. The Bertz CT molecular complexity index is 1610. The summed E-state index contributed by atoms with van der Waals surface area (Å²) in [6.07, 6.45) is 1.66. The van der Waals surface area contributed by atoms with E-state index in [4.69, 9.17) is 21.6 Å². The zero-order chi connectivity index (χ0) is 26.6. The molecular formula is C29H24ClFN6O. The first kappa shape index (κ1) is 25.1. The Labute approximate surface area is 224 Å². The topological polar surface area (TPSA) is 83.0 Å². The van der Waals surface area contributed by atoms with E-state index < -0.39 is 0 Å². The van der Waals surface area contributed by atoms with Crippen molar-refractivity contribution in [1.82, 2.24) is 15.0 Å². The van der Waals surface area contributed by atoms with E-state index in [2.05, 4.69) is 15.6 Å². The second-order valence-electron chi connectivity index (χ2n) is 8.85. The Balaban J connectivity index is 1.34. The first-order valence-corrected chi connectivity index (χ1v) is 12.2. The fraction of sp³-hybridized carbons (Fsp3) is 0.103.